The fraction of sp³-hybridized carbons (Fsp3) is 0.333. The topological polar surface area (TPSA) is 0 Å². The van der Waals surface area contributed by atoms with E-state index in [9.17, 15) is 0 Å². The molecule has 0 amide bonds. The summed E-state index contributed by atoms with van der Waals surface area (Å²) in [5, 5.41) is 2.13. The third kappa shape index (κ3) is 1.74. The molecule has 8 heavy (non-hydrogen) atoms. The standard InChI is InChI=1S/C6H7IS/c7-4-3-6-2-1-5-8-6/h1-2,5H,3-4H2. The van der Waals surface area contributed by atoms with Gasteiger partial charge in [0.25, 0.3) is 0 Å². The maximum absolute atomic E-state index is 2.40. The predicted octanol–water partition coefficient (Wildman–Crippen LogP) is 2.73. The van der Waals surface area contributed by atoms with Crippen molar-refractivity contribution < 1.29 is 0 Å². The minimum Gasteiger partial charge on any atom is -0.149 e. The number of thiophene rings is 1. The normalized spacial score (nSPS) is 9.62. The van der Waals surface area contributed by atoms with Crippen molar-refractivity contribution in [3.8, 4) is 0 Å². The Labute approximate surface area is 67.1 Å². The Hall–Kier alpha value is 0.430. The molecule has 0 nitrogen and oxygen atoms in total. The number of hydrogen-bond donors (Lipinski definition) is 0. The average Bonchev–Trinajstić information content (AvgIpc) is 2.19. The summed E-state index contributed by atoms with van der Waals surface area (Å²) in [6, 6.07) is 4.29. The van der Waals surface area contributed by atoms with Gasteiger partial charge in [-0.1, -0.05) is 28.7 Å². The number of rotatable bonds is 2. The van der Waals surface area contributed by atoms with E-state index in [4.69, 9.17) is 0 Å². The summed E-state index contributed by atoms with van der Waals surface area (Å²) < 4.78 is 1.23. The van der Waals surface area contributed by atoms with Crippen molar-refractivity contribution in [2.75, 3.05) is 4.43 Å². The first kappa shape index (κ1) is 6.55. The molecule has 0 bridgehead atoms. The van der Waals surface area contributed by atoms with Gasteiger partial charge in [0.15, 0.2) is 0 Å². The molecule has 0 aliphatic heterocycles. The SMILES string of the molecule is ICCc1cccs1. The molecule has 0 saturated heterocycles. The molecule has 1 rings (SSSR count). The summed E-state index contributed by atoms with van der Waals surface area (Å²) in [6.45, 7) is 0. The predicted molar refractivity (Wildman–Crippen MR) is 46.9 cm³/mol. The lowest BCUT2D eigenvalue weighted by atomic mass is 10.4. The van der Waals surface area contributed by atoms with Gasteiger partial charge in [-0.25, -0.2) is 0 Å². The molecule has 0 atom stereocenters. The van der Waals surface area contributed by atoms with Crippen LogP contribution in [-0.4, -0.2) is 4.43 Å². The van der Waals surface area contributed by atoms with E-state index in [-0.39, 0.29) is 0 Å². The van der Waals surface area contributed by atoms with Crippen LogP contribution in [0, 0.1) is 0 Å². The number of alkyl halides is 1. The molecule has 0 fully saturated rings. The second-order valence-electron chi connectivity index (χ2n) is 1.52. The Balaban J connectivity index is 2.50. The Bertz CT molecular complexity index is 134. The number of hydrogen-bond acceptors (Lipinski definition) is 1. The molecule has 0 aromatic carbocycles. The van der Waals surface area contributed by atoms with Crippen LogP contribution < -0.4 is 0 Å². The third-order valence-corrected chi connectivity index (χ3v) is 2.40. The van der Waals surface area contributed by atoms with E-state index in [1.54, 1.807) is 0 Å². The van der Waals surface area contributed by atoms with Crippen LogP contribution in [0.4, 0.5) is 0 Å². The van der Waals surface area contributed by atoms with Crippen LogP contribution >= 0.6 is 33.9 Å². The van der Waals surface area contributed by atoms with E-state index < -0.39 is 0 Å². The molecule has 1 aromatic heterocycles. The highest BCUT2D eigenvalue weighted by atomic mass is 127. The van der Waals surface area contributed by atoms with Gasteiger partial charge in [-0.05, 0) is 17.9 Å². The molecule has 0 radical (unpaired) electrons. The summed E-state index contributed by atoms with van der Waals surface area (Å²) in [7, 11) is 0. The maximum Gasteiger partial charge on any atom is 0.00528 e. The summed E-state index contributed by atoms with van der Waals surface area (Å²) in [5.74, 6) is 0. The number of halogens is 1. The van der Waals surface area contributed by atoms with Crippen LogP contribution in [0.5, 0.6) is 0 Å². The molecular weight excluding hydrogens is 231 g/mol. The lowest BCUT2D eigenvalue weighted by molar-refractivity contribution is 1.23. The first-order chi connectivity index (χ1) is 3.93. The van der Waals surface area contributed by atoms with Crippen LogP contribution in [0.25, 0.3) is 0 Å². The van der Waals surface area contributed by atoms with Crippen LogP contribution in [-0.2, 0) is 6.42 Å². The van der Waals surface area contributed by atoms with E-state index in [0.717, 1.165) is 0 Å². The van der Waals surface area contributed by atoms with Crippen LogP contribution in [0.1, 0.15) is 4.88 Å². The zero-order chi connectivity index (χ0) is 5.82. The zero-order valence-electron chi connectivity index (χ0n) is 4.43. The Kier molecular flexibility index (Phi) is 2.83. The smallest absolute Gasteiger partial charge is 0.00528 e. The highest BCUT2D eigenvalue weighted by Gasteiger charge is 1.87. The second-order valence-corrected chi connectivity index (χ2v) is 3.63. The van der Waals surface area contributed by atoms with Gasteiger partial charge in [-0.15, -0.1) is 11.3 Å². The third-order valence-electron chi connectivity index (χ3n) is 0.921. The van der Waals surface area contributed by atoms with Crippen LogP contribution in [0.15, 0.2) is 17.5 Å². The van der Waals surface area contributed by atoms with Gasteiger partial charge in [0, 0.05) is 9.30 Å². The highest BCUT2D eigenvalue weighted by Crippen LogP contribution is 2.09. The molecule has 0 N–H and O–H groups in total. The Morgan fingerprint density at radius 2 is 2.50 bits per heavy atom. The van der Waals surface area contributed by atoms with Crippen molar-refractivity contribution in [2.45, 2.75) is 6.42 Å². The van der Waals surface area contributed by atoms with Crippen LogP contribution in [0.3, 0.4) is 0 Å². The number of aryl methyl sites for hydroxylation is 1. The highest BCUT2D eigenvalue weighted by molar-refractivity contribution is 14.1. The molecule has 0 unspecified atom stereocenters. The largest absolute Gasteiger partial charge is 0.149 e. The lowest BCUT2D eigenvalue weighted by Crippen LogP contribution is -1.75. The Morgan fingerprint density at radius 3 is 3.00 bits per heavy atom. The quantitative estimate of drug-likeness (QED) is 0.549. The molecule has 0 saturated carbocycles. The fourth-order valence-corrected chi connectivity index (χ4v) is 2.20. The van der Waals surface area contributed by atoms with Gasteiger partial charge < -0.3 is 0 Å². The van der Waals surface area contributed by atoms with Gasteiger partial charge in [-0.3, -0.25) is 0 Å². The first-order valence-electron chi connectivity index (χ1n) is 2.52. The van der Waals surface area contributed by atoms with Crippen molar-refractivity contribution in [3.05, 3.63) is 22.4 Å². The van der Waals surface area contributed by atoms with Crippen molar-refractivity contribution in [1.29, 1.82) is 0 Å². The first-order valence-corrected chi connectivity index (χ1v) is 4.92. The average molecular weight is 238 g/mol. The molecule has 1 aromatic rings. The van der Waals surface area contributed by atoms with Gasteiger partial charge in [-0.2, -0.15) is 0 Å². The minimum absolute atomic E-state index is 1.23. The van der Waals surface area contributed by atoms with Gasteiger partial charge >= 0.3 is 0 Å². The molecule has 0 aliphatic rings. The van der Waals surface area contributed by atoms with Gasteiger partial charge in [0.1, 0.15) is 0 Å². The van der Waals surface area contributed by atoms with E-state index in [1.165, 1.54) is 15.7 Å². The molecule has 0 aliphatic carbocycles. The zero-order valence-corrected chi connectivity index (χ0v) is 7.41. The summed E-state index contributed by atoms with van der Waals surface area (Å²) >= 11 is 4.24. The van der Waals surface area contributed by atoms with Gasteiger partial charge in [0.05, 0.1) is 0 Å². The summed E-state index contributed by atoms with van der Waals surface area (Å²) in [4.78, 5) is 1.50. The molecule has 44 valence electrons. The van der Waals surface area contributed by atoms with E-state index in [2.05, 4.69) is 40.1 Å². The van der Waals surface area contributed by atoms with Gasteiger partial charge in [0.2, 0.25) is 0 Å². The van der Waals surface area contributed by atoms with E-state index in [0.29, 0.717) is 0 Å². The second kappa shape index (κ2) is 3.45. The Morgan fingerprint density at radius 1 is 1.62 bits per heavy atom. The minimum atomic E-state index is 1.23. The van der Waals surface area contributed by atoms with Crippen molar-refractivity contribution >= 4 is 33.9 Å². The van der Waals surface area contributed by atoms with Crippen molar-refractivity contribution in [2.24, 2.45) is 0 Å². The molecule has 1 heterocycles. The van der Waals surface area contributed by atoms with E-state index >= 15 is 0 Å². The van der Waals surface area contributed by atoms with Crippen molar-refractivity contribution in [3.63, 3.8) is 0 Å². The molecule has 0 spiro atoms. The van der Waals surface area contributed by atoms with Crippen LogP contribution in [0.2, 0.25) is 0 Å². The van der Waals surface area contributed by atoms with E-state index in [1.807, 2.05) is 11.3 Å². The lowest BCUT2D eigenvalue weighted by Gasteiger charge is -1.84. The summed E-state index contributed by atoms with van der Waals surface area (Å²) in [5.41, 5.74) is 0. The van der Waals surface area contributed by atoms with Crippen molar-refractivity contribution in [1.82, 2.24) is 0 Å². The summed E-state index contributed by atoms with van der Waals surface area (Å²) in [6.07, 6.45) is 1.23. The monoisotopic (exact) mass is 238 g/mol. The molecular formula is C6H7IS. The fourth-order valence-electron chi connectivity index (χ4n) is 0.548. The maximum atomic E-state index is 2.40. The molecule has 2 heteroatoms.